The molecule has 1 aliphatic carbocycles. The molecule has 1 atom stereocenters. The van der Waals surface area contributed by atoms with Crippen LogP contribution >= 0.6 is 0 Å². The zero-order valence-corrected chi connectivity index (χ0v) is 14.0. The fraction of sp³-hybridized carbons (Fsp3) is 0.667. The van der Waals surface area contributed by atoms with Gasteiger partial charge in [-0.15, -0.1) is 0 Å². The number of hydrogen-bond donors (Lipinski definition) is 0. The molecule has 4 heteroatoms. The number of carbonyl (C=O) groups is 4. The second kappa shape index (κ2) is 7.12. The Kier molecular flexibility index (Phi) is 5.98. The fourth-order valence-electron chi connectivity index (χ4n) is 3.83. The van der Waals surface area contributed by atoms with Gasteiger partial charge in [-0.05, 0) is 59.3 Å². The molecule has 0 saturated heterocycles. The minimum Gasteiger partial charge on any atom is -0.299 e. The number of allylic oxidation sites excluding steroid dienone is 1. The lowest BCUT2D eigenvalue weighted by atomic mass is 9.60. The van der Waals surface area contributed by atoms with Gasteiger partial charge in [0, 0.05) is 0 Å². The molecule has 122 valence electrons. The largest absolute Gasteiger partial charge is 0.299 e. The third-order valence-corrected chi connectivity index (χ3v) is 5.01. The standard InChI is InChI=1S/C18H26O4/c1-11-8-6-7-9-16(11)10-18(14(4)21,15(5)22)17(12(2)19)13(3)20/h16-17H,1,6-10H2,2-5H3. The molecule has 0 amide bonds. The summed E-state index contributed by atoms with van der Waals surface area (Å²) in [5, 5.41) is 0. The van der Waals surface area contributed by atoms with Gasteiger partial charge in [0.25, 0.3) is 0 Å². The average molecular weight is 306 g/mol. The maximum atomic E-state index is 12.4. The Hall–Kier alpha value is -1.58. The third-order valence-electron chi connectivity index (χ3n) is 5.01. The molecule has 0 aromatic rings. The summed E-state index contributed by atoms with van der Waals surface area (Å²) in [6.07, 6.45) is 4.02. The number of ketones is 4. The molecule has 0 radical (unpaired) electrons. The first-order valence-corrected chi connectivity index (χ1v) is 7.85. The second-order valence-corrected chi connectivity index (χ2v) is 6.54. The normalized spacial score (nSPS) is 19.1. The van der Waals surface area contributed by atoms with Gasteiger partial charge in [-0.3, -0.25) is 19.2 Å². The molecular formula is C18H26O4. The summed E-state index contributed by atoms with van der Waals surface area (Å²) in [6, 6.07) is 0. The smallest absolute Gasteiger partial charge is 0.144 e. The summed E-state index contributed by atoms with van der Waals surface area (Å²) in [6.45, 7) is 9.24. The third kappa shape index (κ3) is 3.42. The van der Waals surface area contributed by atoms with E-state index in [0.29, 0.717) is 0 Å². The van der Waals surface area contributed by atoms with Gasteiger partial charge in [-0.1, -0.05) is 18.6 Å². The van der Waals surface area contributed by atoms with Crippen molar-refractivity contribution in [3.05, 3.63) is 12.2 Å². The lowest BCUT2D eigenvalue weighted by molar-refractivity contribution is -0.153. The maximum absolute atomic E-state index is 12.4. The molecule has 0 aromatic heterocycles. The molecule has 1 rings (SSSR count). The lowest BCUT2D eigenvalue weighted by Gasteiger charge is -2.38. The maximum Gasteiger partial charge on any atom is 0.144 e. The van der Waals surface area contributed by atoms with Gasteiger partial charge in [0.1, 0.15) is 28.5 Å². The Morgan fingerprint density at radius 3 is 1.91 bits per heavy atom. The van der Waals surface area contributed by atoms with E-state index in [-0.39, 0.29) is 12.3 Å². The van der Waals surface area contributed by atoms with Crippen molar-refractivity contribution in [3.63, 3.8) is 0 Å². The molecule has 22 heavy (non-hydrogen) atoms. The van der Waals surface area contributed by atoms with E-state index < -0.39 is 34.5 Å². The molecule has 0 heterocycles. The zero-order valence-electron chi connectivity index (χ0n) is 14.0. The first-order chi connectivity index (χ1) is 10.1. The van der Waals surface area contributed by atoms with E-state index in [1.165, 1.54) is 27.7 Å². The summed E-state index contributed by atoms with van der Waals surface area (Å²) < 4.78 is 0. The van der Waals surface area contributed by atoms with Gasteiger partial charge < -0.3 is 0 Å². The van der Waals surface area contributed by atoms with Crippen LogP contribution in [0.2, 0.25) is 0 Å². The molecule has 4 nitrogen and oxygen atoms in total. The highest BCUT2D eigenvalue weighted by Crippen LogP contribution is 2.43. The van der Waals surface area contributed by atoms with Crippen molar-refractivity contribution < 1.29 is 19.2 Å². The Balaban J connectivity index is 3.35. The average Bonchev–Trinajstić information content (AvgIpc) is 2.38. The summed E-state index contributed by atoms with van der Waals surface area (Å²) in [7, 11) is 0. The zero-order chi connectivity index (χ0) is 17.1. The molecule has 1 unspecified atom stereocenters. The predicted molar refractivity (Wildman–Crippen MR) is 84.4 cm³/mol. The second-order valence-electron chi connectivity index (χ2n) is 6.54. The van der Waals surface area contributed by atoms with Crippen LogP contribution in [0.5, 0.6) is 0 Å². The van der Waals surface area contributed by atoms with E-state index in [9.17, 15) is 19.2 Å². The van der Waals surface area contributed by atoms with E-state index in [4.69, 9.17) is 0 Å². The number of hydrogen-bond acceptors (Lipinski definition) is 4. The lowest BCUT2D eigenvalue weighted by Crippen LogP contribution is -2.50. The summed E-state index contributed by atoms with van der Waals surface area (Å²) in [5.74, 6) is -2.79. The number of carbonyl (C=O) groups excluding carboxylic acids is 4. The molecule has 0 spiro atoms. The van der Waals surface area contributed by atoms with Gasteiger partial charge in [0.2, 0.25) is 0 Å². The Labute approximate surface area is 132 Å². The monoisotopic (exact) mass is 306 g/mol. The highest BCUT2D eigenvalue weighted by atomic mass is 16.2. The number of Topliss-reactive ketones (excluding diaryl/α,β-unsaturated/α-hetero) is 4. The van der Waals surface area contributed by atoms with Gasteiger partial charge in [-0.25, -0.2) is 0 Å². The fourth-order valence-corrected chi connectivity index (χ4v) is 3.83. The minimum absolute atomic E-state index is 0.0164. The Morgan fingerprint density at radius 2 is 1.55 bits per heavy atom. The van der Waals surface area contributed by atoms with Crippen LogP contribution < -0.4 is 0 Å². The van der Waals surface area contributed by atoms with E-state index in [1.807, 2.05) is 0 Å². The molecule has 1 saturated carbocycles. The van der Waals surface area contributed by atoms with E-state index >= 15 is 0 Å². The van der Waals surface area contributed by atoms with E-state index in [0.717, 1.165) is 31.3 Å². The van der Waals surface area contributed by atoms with Crippen molar-refractivity contribution in [1.29, 1.82) is 0 Å². The predicted octanol–water partition coefficient (Wildman–Crippen LogP) is 3.08. The van der Waals surface area contributed by atoms with Crippen molar-refractivity contribution in [2.24, 2.45) is 17.3 Å². The van der Waals surface area contributed by atoms with Crippen molar-refractivity contribution >= 4 is 23.1 Å². The SMILES string of the molecule is C=C1CCCCC1CC(C(C)=O)(C(C)=O)C(C(C)=O)C(C)=O. The summed E-state index contributed by atoms with van der Waals surface area (Å²) >= 11 is 0. The van der Waals surface area contributed by atoms with Crippen LogP contribution in [-0.4, -0.2) is 23.1 Å². The molecule has 1 fully saturated rings. The van der Waals surface area contributed by atoms with Crippen LogP contribution in [0.3, 0.4) is 0 Å². The van der Waals surface area contributed by atoms with Crippen LogP contribution in [-0.2, 0) is 19.2 Å². The number of rotatable bonds is 7. The van der Waals surface area contributed by atoms with Crippen LogP contribution in [0.15, 0.2) is 12.2 Å². The first kappa shape index (κ1) is 18.5. The van der Waals surface area contributed by atoms with Crippen LogP contribution in [0.1, 0.15) is 59.8 Å². The van der Waals surface area contributed by atoms with Crippen molar-refractivity contribution in [3.8, 4) is 0 Å². The molecular weight excluding hydrogens is 280 g/mol. The highest BCUT2D eigenvalue weighted by Gasteiger charge is 2.53. The molecule has 0 N–H and O–H groups in total. The van der Waals surface area contributed by atoms with Crippen molar-refractivity contribution in [1.82, 2.24) is 0 Å². The van der Waals surface area contributed by atoms with Crippen LogP contribution in [0, 0.1) is 17.3 Å². The quantitative estimate of drug-likeness (QED) is 0.535. The van der Waals surface area contributed by atoms with Gasteiger partial charge in [0.05, 0.1) is 5.92 Å². The molecule has 1 aliphatic rings. The van der Waals surface area contributed by atoms with Crippen LogP contribution in [0.25, 0.3) is 0 Å². The molecule has 0 aliphatic heterocycles. The van der Waals surface area contributed by atoms with Gasteiger partial charge in [0.15, 0.2) is 0 Å². The van der Waals surface area contributed by atoms with Gasteiger partial charge >= 0.3 is 0 Å². The molecule has 0 aromatic carbocycles. The van der Waals surface area contributed by atoms with E-state index in [1.54, 1.807) is 0 Å². The van der Waals surface area contributed by atoms with Crippen molar-refractivity contribution in [2.75, 3.05) is 0 Å². The Bertz CT molecular complexity index is 487. The summed E-state index contributed by atoms with van der Waals surface area (Å²) in [5.41, 5.74) is -0.522. The van der Waals surface area contributed by atoms with Crippen LogP contribution in [0.4, 0.5) is 0 Å². The minimum atomic E-state index is -1.54. The van der Waals surface area contributed by atoms with Gasteiger partial charge in [-0.2, -0.15) is 0 Å². The first-order valence-electron chi connectivity index (χ1n) is 7.85. The Morgan fingerprint density at radius 1 is 1.05 bits per heavy atom. The summed E-state index contributed by atoms with van der Waals surface area (Å²) in [4.78, 5) is 48.8. The van der Waals surface area contributed by atoms with E-state index in [2.05, 4.69) is 6.58 Å². The topological polar surface area (TPSA) is 68.3 Å². The van der Waals surface area contributed by atoms with Crippen molar-refractivity contribution in [2.45, 2.75) is 59.8 Å². The molecule has 0 bridgehead atoms. The highest BCUT2D eigenvalue weighted by molar-refractivity contribution is 6.15.